The second kappa shape index (κ2) is 31.3. The van der Waals surface area contributed by atoms with E-state index in [4.69, 9.17) is 29.9 Å². The van der Waals surface area contributed by atoms with Gasteiger partial charge < -0.3 is 0 Å². The SMILES string of the molecule is c1ccc2c(c1)cc(-c1ccc(-c3ccc4c(c3)c3ccccc3n4-c3nc4ccccc4c4nc5ccccc5n34)cc1)c1ccccc12.c1ccc2c(c1)cc(-c1ccc3c(c1)c1ccccc1n3-c1nc3ccccc3c3nc4ccccc4n13)c1ccccc12.c1ccc2cc(-c3ccc(-c4ccc5c(c4)c4ccccc4n5-c4nc5ccccc5c5nc6ccccc6n45)cc3)ccc2c1. The van der Waals surface area contributed by atoms with E-state index >= 15 is 0 Å². The van der Waals surface area contributed by atoms with Gasteiger partial charge in [-0.25, -0.2) is 29.9 Å². The molecule has 140 heavy (non-hydrogen) atoms. The van der Waals surface area contributed by atoms with E-state index in [1.165, 1.54) is 142 Å². The number of para-hydroxylation sites is 12. The van der Waals surface area contributed by atoms with Gasteiger partial charge in [-0.2, -0.15) is 0 Å². The molecule has 12 nitrogen and oxygen atoms in total. The molecule has 31 rings (SSSR count). The minimum absolute atomic E-state index is 0.832. The van der Waals surface area contributed by atoms with Gasteiger partial charge in [0.05, 0.1) is 82.8 Å². The summed E-state index contributed by atoms with van der Waals surface area (Å²) in [4.78, 5) is 31.2. The van der Waals surface area contributed by atoms with Crippen LogP contribution in [0.5, 0.6) is 0 Å². The van der Waals surface area contributed by atoms with Gasteiger partial charge in [-0.1, -0.05) is 328 Å². The van der Waals surface area contributed by atoms with Crippen LogP contribution in [0.1, 0.15) is 0 Å². The van der Waals surface area contributed by atoms with Crippen molar-refractivity contribution < 1.29 is 0 Å². The molecule has 650 valence electrons. The van der Waals surface area contributed by atoms with Crippen molar-refractivity contribution in [2.45, 2.75) is 0 Å². The summed E-state index contributed by atoms with van der Waals surface area (Å²) >= 11 is 0. The number of benzene rings is 22. The predicted octanol–water partition coefficient (Wildman–Crippen LogP) is 32.5. The standard InChI is InChI=1S/C46H28N4.C42H26N4.C40H24N4/c1-2-12-33-32(11-1)28-38(35-14-4-3-13-34(33)35)30-23-21-29(22-24-30)31-25-26-43-39(27-31)36-15-6-9-19-42(36)49(43)46-48-40-17-7-5-16-37(40)45-47-41-18-8-10-20-44(41)50(45)46;1-2-10-30-25-31(22-21-27(30)9-1)28-17-19-29(20-18-28)32-23-24-39-35(26-32)33-11-4-7-15-38(33)45(39)42-44-36-13-5-3-12-34(36)41-43-37-14-6-8-16-40(37)46(41)42;1-2-12-27-25(11-1)23-32(29-14-4-3-13-28(27)29)26-21-22-37-33(24-26)30-15-6-9-19-36(30)43(37)40-42-34-17-7-5-16-31(34)39-41-35-18-8-10-20-38(35)44(39)40/h1-28H;1-26H;1-24H. The van der Waals surface area contributed by atoms with Gasteiger partial charge in [0.2, 0.25) is 17.8 Å². The van der Waals surface area contributed by atoms with Crippen molar-refractivity contribution in [1.82, 2.24) is 56.8 Å². The maximum Gasteiger partial charge on any atom is 0.221 e. The molecule has 0 radical (unpaired) electrons. The normalized spacial score (nSPS) is 12.0. The summed E-state index contributed by atoms with van der Waals surface area (Å²) in [5, 5.41) is 23.0. The van der Waals surface area contributed by atoms with E-state index in [9.17, 15) is 0 Å². The fourth-order valence-corrected chi connectivity index (χ4v) is 22.2. The number of fused-ring (bicyclic) bond motifs is 31. The summed E-state index contributed by atoms with van der Waals surface area (Å²) in [5.41, 5.74) is 30.3. The molecule has 0 amide bonds. The van der Waals surface area contributed by atoms with Gasteiger partial charge in [-0.15, -0.1) is 0 Å². The van der Waals surface area contributed by atoms with Gasteiger partial charge in [0.25, 0.3) is 0 Å². The molecular formula is C128H78N12. The fourth-order valence-electron chi connectivity index (χ4n) is 22.2. The summed E-state index contributed by atoms with van der Waals surface area (Å²) in [6, 6.07) is 169. The molecule has 0 fully saturated rings. The Bertz CT molecular complexity index is 10600. The largest absolute Gasteiger partial charge is 0.279 e. The van der Waals surface area contributed by atoms with Gasteiger partial charge in [0.15, 0.2) is 0 Å². The number of aromatic nitrogens is 12. The Morgan fingerprint density at radius 2 is 0.379 bits per heavy atom. The molecule has 0 aliphatic heterocycles. The summed E-state index contributed by atoms with van der Waals surface area (Å²) in [5.74, 6) is 2.50. The van der Waals surface area contributed by atoms with Crippen LogP contribution in [0.25, 0.3) is 276 Å². The van der Waals surface area contributed by atoms with E-state index in [1.807, 2.05) is 36.4 Å². The van der Waals surface area contributed by atoms with Crippen LogP contribution in [0.3, 0.4) is 0 Å². The molecule has 9 heterocycles. The number of rotatable bonds is 8. The molecule has 0 bridgehead atoms. The van der Waals surface area contributed by atoms with E-state index in [1.54, 1.807) is 0 Å². The van der Waals surface area contributed by atoms with Crippen LogP contribution in [-0.2, 0) is 0 Å². The molecule has 0 spiro atoms. The van der Waals surface area contributed by atoms with Crippen LogP contribution >= 0.6 is 0 Å². The highest BCUT2D eigenvalue weighted by Gasteiger charge is 2.27. The zero-order valence-corrected chi connectivity index (χ0v) is 75.4. The molecule has 22 aromatic carbocycles. The van der Waals surface area contributed by atoms with Gasteiger partial charge >= 0.3 is 0 Å². The first-order valence-electron chi connectivity index (χ1n) is 47.5. The zero-order chi connectivity index (χ0) is 91.7. The van der Waals surface area contributed by atoms with Crippen LogP contribution in [0, 0.1) is 0 Å². The Kier molecular flexibility index (Phi) is 17.5. The van der Waals surface area contributed by atoms with E-state index in [0.29, 0.717) is 0 Å². The minimum atomic E-state index is 0.832. The molecular weight excluding hydrogens is 1710 g/mol. The molecule has 0 N–H and O–H groups in total. The number of nitrogens with zero attached hydrogens (tertiary/aromatic N) is 12. The van der Waals surface area contributed by atoms with E-state index in [2.05, 4.69) is 464 Å². The van der Waals surface area contributed by atoms with Gasteiger partial charge in [-0.3, -0.25) is 26.9 Å². The maximum absolute atomic E-state index is 5.31. The molecule has 12 heteroatoms. The first-order valence-corrected chi connectivity index (χ1v) is 47.5. The van der Waals surface area contributed by atoms with Gasteiger partial charge in [0.1, 0.15) is 16.9 Å². The molecule has 0 aliphatic carbocycles. The molecule has 0 unspecified atom stereocenters. The highest BCUT2D eigenvalue weighted by atomic mass is 15.3. The van der Waals surface area contributed by atoms with Crippen molar-refractivity contribution in [2.75, 3.05) is 0 Å². The van der Waals surface area contributed by atoms with Gasteiger partial charge in [-0.05, 0) is 255 Å². The second-order valence-electron chi connectivity index (χ2n) is 36.4. The lowest BCUT2D eigenvalue weighted by Gasteiger charge is -2.13. The summed E-state index contributed by atoms with van der Waals surface area (Å²) in [6.45, 7) is 0. The molecule has 0 aliphatic rings. The quantitative estimate of drug-likeness (QED) is 0.140. The molecule has 0 saturated heterocycles. The Balaban J connectivity index is 0.000000101. The third-order valence-corrected chi connectivity index (χ3v) is 28.7. The smallest absolute Gasteiger partial charge is 0.221 e. The Morgan fingerprint density at radius 1 is 0.129 bits per heavy atom. The monoisotopic (exact) mass is 1780 g/mol. The second-order valence-corrected chi connectivity index (χ2v) is 36.4. The van der Waals surface area contributed by atoms with E-state index < -0.39 is 0 Å². The zero-order valence-electron chi connectivity index (χ0n) is 75.4. The summed E-state index contributed by atoms with van der Waals surface area (Å²) in [7, 11) is 0. The summed E-state index contributed by atoms with van der Waals surface area (Å²) < 4.78 is 13.5. The van der Waals surface area contributed by atoms with Crippen molar-refractivity contribution in [3.63, 3.8) is 0 Å². The Morgan fingerprint density at radius 3 is 0.764 bits per heavy atom. The molecule has 31 aromatic rings. The first-order chi connectivity index (χ1) is 69.4. The Hall–Kier alpha value is -19.0. The van der Waals surface area contributed by atoms with Crippen LogP contribution in [0.15, 0.2) is 473 Å². The molecule has 9 aromatic heterocycles. The lowest BCUT2D eigenvalue weighted by Crippen LogP contribution is -2.06. The fraction of sp³-hybridized carbons (Fsp3) is 0. The van der Waals surface area contributed by atoms with Gasteiger partial charge in [0, 0.05) is 48.5 Å². The highest BCUT2D eigenvalue weighted by molar-refractivity contribution is 6.19. The third-order valence-electron chi connectivity index (χ3n) is 28.7. The van der Waals surface area contributed by atoms with Crippen molar-refractivity contribution in [3.8, 4) is 73.5 Å². The van der Waals surface area contributed by atoms with Crippen LogP contribution in [0.4, 0.5) is 0 Å². The average molecular weight is 1780 g/mol. The van der Waals surface area contributed by atoms with E-state index in [-0.39, 0.29) is 0 Å². The predicted molar refractivity (Wildman–Crippen MR) is 582 cm³/mol. The third kappa shape index (κ3) is 12.3. The number of hydrogen-bond acceptors (Lipinski definition) is 6. The molecule has 0 saturated carbocycles. The van der Waals surface area contributed by atoms with Crippen molar-refractivity contribution in [1.29, 1.82) is 0 Å². The van der Waals surface area contributed by atoms with Crippen molar-refractivity contribution in [2.24, 2.45) is 0 Å². The van der Waals surface area contributed by atoms with Crippen LogP contribution in [-0.4, -0.2) is 56.8 Å². The minimum Gasteiger partial charge on any atom is -0.279 e. The first kappa shape index (κ1) is 78.4. The van der Waals surface area contributed by atoms with E-state index in [0.717, 1.165) is 134 Å². The summed E-state index contributed by atoms with van der Waals surface area (Å²) in [6.07, 6.45) is 0. The van der Waals surface area contributed by atoms with Crippen molar-refractivity contribution in [3.05, 3.63) is 473 Å². The lowest BCUT2D eigenvalue weighted by molar-refractivity contribution is 0.979. The van der Waals surface area contributed by atoms with Crippen molar-refractivity contribution >= 4 is 202 Å². The highest BCUT2D eigenvalue weighted by Crippen LogP contribution is 2.46. The number of hydrogen-bond donors (Lipinski definition) is 0. The average Bonchev–Trinajstić information content (AvgIpc) is 1.58. The maximum atomic E-state index is 5.31. The lowest BCUT2D eigenvalue weighted by atomic mass is 9.92. The Labute approximate surface area is 800 Å². The molecule has 0 atom stereocenters. The topological polar surface area (TPSA) is 105 Å². The van der Waals surface area contributed by atoms with Crippen LogP contribution in [0.2, 0.25) is 0 Å². The van der Waals surface area contributed by atoms with Crippen LogP contribution < -0.4 is 0 Å². The number of imidazole rings is 3.